The van der Waals surface area contributed by atoms with E-state index in [0.717, 1.165) is 0 Å². The van der Waals surface area contributed by atoms with E-state index in [1.807, 2.05) is 0 Å². The van der Waals surface area contributed by atoms with Gasteiger partial charge in [-0.25, -0.2) is 0 Å². The predicted molar refractivity (Wildman–Crippen MR) is 71.7 cm³/mol. The van der Waals surface area contributed by atoms with Crippen molar-refractivity contribution in [3.8, 4) is 0 Å². The summed E-state index contributed by atoms with van der Waals surface area (Å²) in [6.45, 7) is 3.55. The van der Waals surface area contributed by atoms with Crippen LogP contribution >= 0.6 is 0 Å². The SMILES string of the molecule is CCN1c2ccc([N+](=O)[O-])cc2CC(C(=O)[O-])(C(=O)[O-])[C@@H]1C. The molecule has 8 heteroatoms. The molecule has 1 aromatic carbocycles. The molecule has 0 amide bonds. The van der Waals surface area contributed by atoms with Gasteiger partial charge < -0.3 is 24.7 Å². The first-order chi connectivity index (χ1) is 10.3. The second-order valence-electron chi connectivity index (χ2n) is 5.26. The molecule has 1 aromatic rings. The van der Waals surface area contributed by atoms with E-state index in [-0.39, 0.29) is 11.3 Å². The molecule has 1 heterocycles. The Morgan fingerprint density at radius 3 is 2.41 bits per heavy atom. The summed E-state index contributed by atoms with van der Waals surface area (Å²) < 4.78 is 0. The second-order valence-corrected chi connectivity index (χ2v) is 5.26. The van der Waals surface area contributed by atoms with Crippen LogP contribution in [0.3, 0.4) is 0 Å². The Hall–Kier alpha value is -2.64. The first kappa shape index (κ1) is 15.7. The maximum Gasteiger partial charge on any atom is 0.269 e. The third-order valence-corrected chi connectivity index (χ3v) is 4.30. The van der Waals surface area contributed by atoms with Gasteiger partial charge in [0.2, 0.25) is 0 Å². The van der Waals surface area contributed by atoms with Crippen molar-refractivity contribution in [2.24, 2.45) is 5.41 Å². The van der Waals surface area contributed by atoms with Crippen LogP contribution in [0, 0.1) is 15.5 Å². The summed E-state index contributed by atoms with van der Waals surface area (Å²) in [6.07, 6.45) is -0.410. The van der Waals surface area contributed by atoms with Gasteiger partial charge in [-0.3, -0.25) is 10.1 Å². The molecule has 0 N–H and O–H groups in total. The Balaban J connectivity index is 2.67. The van der Waals surface area contributed by atoms with Crippen molar-refractivity contribution in [3.05, 3.63) is 33.9 Å². The lowest BCUT2D eigenvalue weighted by molar-refractivity contribution is -0.385. The molecule has 1 aliphatic heterocycles. The molecule has 0 aliphatic carbocycles. The van der Waals surface area contributed by atoms with Gasteiger partial charge in [-0.05, 0) is 31.9 Å². The van der Waals surface area contributed by atoms with E-state index in [2.05, 4.69) is 0 Å². The number of rotatable bonds is 4. The van der Waals surface area contributed by atoms with Crippen LogP contribution in [0.15, 0.2) is 18.2 Å². The quantitative estimate of drug-likeness (QED) is 0.390. The fourth-order valence-corrected chi connectivity index (χ4v) is 3.04. The van der Waals surface area contributed by atoms with Gasteiger partial charge in [-0.2, -0.15) is 0 Å². The first-order valence-electron chi connectivity index (χ1n) is 6.72. The van der Waals surface area contributed by atoms with Gasteiger partial charge in [-0.15, -0.1) is 0 Å². The number of aliphatic carboxylic acids is 2. The molecule has 0 unspecified atom stereocenters. The number of carbonyl (C=O) groups excluding carboxylic acids is 2. The number of nitro benzene ring substituents is 1. The fourth-order valence-electron chi connectivity index (χ4n) is 3.04. The smallest absolute Gasteiger partial charge is 0.269 e. The Morgan fingerprint density at radius 1 is 1.36 bits per heavy atom. The molecule has 2 rings (SSSR count). The highest BCUT2D eigenvalue weighted by atomic mass is 16.6. The van der Waals surface area contributed by atoms with Crippen LogP contribution in [0.5, 0.6) is 0 Å². The lowest BCUT2D eigenvalue weighted by atomic mass is 9.71. The van der Waals surface area contributed by atoms with Crippen molar-refractivity contribution in [2.75, 3.05) is 11.4 Å². The van der Waals surface area contributed by atoms with Gasteiger partial charge in [0.25, 0.3) is 5.69 Å². The largest absolute Gasteiger partial charge is 0.549 e. The second kappa shape index (κ2) is 5.28. The number of carboxylic acids is 2. The highest BCUT2D eigenvalue weighted by molar-refractivity contribution is 5.99. The van der Waals surface area contributed by atoms with Crippen molar-refractivity contribution in [1.82, 2.24) is 0 Å². The standard InChI is InChI=1S/C14H16N2O6/c1-3-15-8(2)14(12(17)18,13(19)20)7-9-6-10(16(21)22)4-5-11(9)15/h4-6,8H,3,7H2,1-2H3,(H,17,18)(H,19,20)/p-2/t8-/m0/s1. The van der Waals surface area contributed by atoms with E-state index in [4.69, 9.17) is 0 Å². The van der Waals surface area contributed by atoms with Gasteiger partial charge in [0.1, 0.15) is 0 Å². The molecule has 0 saturated heterocycles. The average Bonchev–Trinajstić information content (AvgIpc) is 2.45. The van der Waals surface area contributed by atoms with Crippen molar-refractivity contribution < 1.29 is 24.7 Å². The van der Waals surface area contributed by atoms with E-state index in [0.29, 0.717) is 12.2 Å². The number of benzene rings is 1. The third kappa shape index (κ3) is 2.07. The maximum absolute atomic E-state index is 11.5. The molecule has 0 aromatic heterocycles. The summed E-state index contributed by atoms with van der Waals surface area (Å²) >= 11 is 0. The minimum absolute atomic E-state index is 0.227. The Kier molecular flexibility index (Phi) is 3.78. The molecule has 0 fully saturated rings. The molecule has 118 valence electrons. The molecule has 0 spiro atoms. The predicted octanol–water partition coefficient (Wildman–Crippen LogP) is -1.15. The average molecular weight is 306 g/mol. The number of fused-ring (bicyclic) bond motifs is 1. The van der Waals surface area contributed by atoms with Crippen LogP contribution in [0.1, 0.15) is 19.4 Å². The zero-order chi connectivity index (χ0) is 16.7. The van der Waals surface area contributed by atoms with Crippen LogP contribution in [0.4, 0.5) is 11.4 Å². The minimum atomic E-state index is -2.25. The highest BCUT2D eigenvalue weighted by Crippen LogP contribution is 2.42. The minimum Gasteiger partial charge on any atom is -0.549 e. The van der Waals surface area contributed by atoms with Gasteiger partial charge in [0.05, 0.1) is 22.3 Å². The molecule has 0 saturated carbocycles. The van der Waals surface area contributed by atoms with Crippen LogP contribution in [0.25, 0.3) is 0 Å². The van der Waals surface area contributed by atoms with Gasteiger partial charge in [-0.1, -0.05) is 0 Å². The Morgan fingerprint density at radius 2 is 1.95 bits per heavy atom. The maximum atomic E-state index is 11.5. The number of non-ortho nitro benzene ring substituents is 1. The third-order valence-electron chi connectivity index (χ3n) is 4.30. The van der Waals surface area contributed by atoms with E-state index in [1.54, 1.807) is 11.8 Å². The zero-order valence-electron chi connectivity index (χ0n) is 12.1. The normalized spacial score (nSPS) is 19.4. The van der Waals surface area contributed by atoms with E-state index in [1.165, 1.54) is 25.1 Å². The van der Waals surface area contributed by atoms with Gasteiger partial charge >= 0.3 is 0 Å². The van der Waals surface area contributed by atoms with E-state index in [9.17, 15) is 29.9 Å². The number of nitro groups is 1. The van der Waals surface area contributed by atoms with Gasteiger partial charge in [0, 0.05) is 30.4 Å². The molecule has 0 radical (unpaired) electrons. The molecule has 22 heavy (non-hydrogen) atoms. The molecule has 1 aliphatic rings. The summed E-state index contributed by atoms with van der Waals surface area (Å²) in [7, 11) is 0. The van der Waals surface area contributed by atoms with Crippen molar-refractivity contribution in [2.45, 2.75) is 26.3 Å². The number of nitrogens with zero attached hydrogens (tertiary/aromatic N) is 2. The number of carboxylic acid groups (broad SMARTS) is 2. The van der Waals surface area contributed by atoms with Gasteiger partial charge in [0.15, 0.2) is 0 Å². The topological polar surface area (TPSA) is 127 Å². The summed E-state index contributed by atoms with van der Waals surface area (Å²) in [4.78, 5) is 34.9. The summed E-state index contributed by atoms with van der Waals surface area (Å²) in [5, 5.41) is 33.9. The van der Waals surface area contributed by atoms with Crippen molar-refractivity contribution in [3.63, 3.8) is 0 Å². The van der Waals surface area contributed by atoms with E-state index < -0.39 is 34.7 Å². The molecular weight excluding hydrogens is 292 g/mol. The summed E-state index contributed by atoms with van der Waals surface area (Å²) in [5.41, 5.74) is -1.62. The number of hydrogen-bond acceptors (Lipinski definition) is 7. The molecule has 0 bridgehead atoms. The summed E-state index contributed by atoms with van der Waals surface area (Å²) in [5.74, 6) is -3.51. The van der Waals surface area contributed by atoms with Crippen molar-refractivity contribution in [1.29, 1.82) is 0 Å². The number of hydrogen-bond donors (Lipinski definition) is 0. The first-order valence-corrected chi connectivity index (χ1v) is 6.72. The van der Waals surface area contributed by atoms with Crippen LogP contribution in [0.2, 0.25) is 0 Å². The lowest BCUT2D eigenvalue weighted by Crippen LogP contribution is -2.66. The molecule has 1 atom stereocenters. The van der Waals surface area contributed by atoms with E-state index >= 15 is 0 Å². The lowest BCUT2D eigenvalue weighted by Gasteiger charge is -2.50. The highest BCUT2D eigenvalue weighted by Gasteiger charge is 2.46. The fraction of sp³-hybridized carbons (Fsp3) is 0.429. The van der Waals surface area contributed by atoms with Crippen molar-refractivity contribution >= 4 is 23.3 Å². The van der Waals surface area contributed by atoms with Crippen LogP contribution in [-0.4, -0.2) is 29.4 Å². The zero-order valence-corrected chi connectivity index (χ0v) is 12.1. The van der Waals surface area contributed by atoms with Crippen LogP contribution < -0.4 is 15.1 Å². The Bertz CT molecular complexity index is 643. The Labute approximate surface area is 126 Å². The summed E-state index contributed by atoms with van der Waals surface area (Å²) in [6, 6.07) is 3.10. The number of carbonyl (C=O) groups is 2. The van der Waals surface area contributed by atoms with Crippen LogP contribution in [-0.2, 0) is 16.0 Å². The number of anilines is 1. The monoisotopic (exact) mass is 306 g/mol. The molecular formula is C14H14N2O6-2. The molecule has 8 nitrogen and oxygen atoms in total.